The first-order chi connectivity index (χ1) is 9.11. The zero-order valence-electron chi connectivity index (χ0n) is 10.7. The van der Waals surface area contributed by atoms with Crippen molar-refractivity contribution in [3.05, 3.63) is 36.0 Å². The highest BCUT2D eigenvalue weighted by Crippen LogP contribution is 2.15. The molecule has 5 nitrogen and oxygen atoms in total. The smallest absolute Gasteiger partial charge is 0.323 e. The number of nitrogens with one attached hydrogen (secondary N) is 1. The first-order valence-electron chi connectivity index (χ1n) is 6.20. The fourth-order valence-electron chi connectivity index (χ4n) is 2.05. The number of fused-ring (bicyclic) bond motifs is 1. The molecule has 1 aromatic heterocycles. The third-order valence-electron chi connectivity index (χ3n) is 2.91. The number of carbonyl (C=O) groups is 2. The summed E-state index contributed by atoms with van der Waals surface area (Å²) in [4.78, 5) is 27.5. The summed E-state index contributed by atoms with van der Waals surface area (Å²) in [5, 5.41) is 9.87. The van der Waals surface area contributed by atoms with Crippen molar-refractivity contribution in [3.8, 4) is 0 Å². The van der Waals surface area contributed by atoms with E-state index < -0.39 is 5.97 Å². The summed E-state index contributed by atoms with van der Waals surface area (Å²) in [5.74, 6) is -1.25. The quantitative estimate of drug-likeness (QED) is 0.864. The minimum absolute atomic E-state index is 0.249. The lowest BCUT2D eigenvalue weighted by Gasteiger charge is -2.19. The number of nitrogens with zero attached hydrogens (tertiary/aromatic N) is 1. The summed E-state index contributed by atoms with van der Waals surface area (Å²) in [6, 6.07) is 7.25. The molecule has 1 aromatic carbocycles. The van der Waals surface area contributed by atoms with Gasteiger partial charge in [-0.25, -0.2) is 0 Å². The van der Waals surface area contributed by atoms with Crippen molar-refractivity contribution in [2.24, 2.45) is 0 Å². The number of carbonyl (C=O) groups excluding carboxylic acids is 1. The maximum Gasteiger partial charge on any atom is 0.323 e. The standard InChI is InChI=1S/C14H16N2O3/c1-2-7-16(9-13(17)18)14(19)11-4-3-10-5-6-15-12(10)8-11/h3-6,8,15H,2,7,9H2,1H3,(H,17,18). The number of hydrogen-bond donors (Lipinski definition) is 2. The van der Waals surface area contributed by atoms with Gasteiger partial charge in [-0.05, 0) is 30.0 Å². The summed E-state index contributed by atoms with van der Waals surface area (Å²) in [7, 11) is 0. The number of aromatic amines is 1. The Morgan fingerprint density at radius 2 is 2.11 bits per heavy atom. The van der Waals surface area contributed by atoms with E-state index in [-0.39, 0.29) is 12.5 Å². The number of carboxylic acids is 1. The molecule has 1 amide bonds. The van der Waals surface area contributed by atoms with Gasteiger partial charge in [0, 0.05) is 23.8 Å². The number of rotatable bonds is 5. The highest BCUT2D eigenvalue weighted by Gasteiger charge is 2.18. The van der Waals surface area contributed by atoms with E-state index in [9.17, 15) is 9.59 Å². The Bertz CT molecular complexity index is 604. The van der Waals surface area contributed by atoms with Gasteiger partial charge in [-0.3, -0.25) is 9.59 Å². The van der Waals surface area contributed by atoms with Crippen LogP contribution in [-0.4, -0.2) is 40.0 Å². The van der Waals surface area contributed by atoms with Crippen molar-refractivity contribution >= 4 is 22.8 Å². The van der Waals surface area contributed by atoms with E-state index in [4.69, 9.17) is 5.11 Å². The van der Waals surface area contributed by atoms with Gasteiger partial charge in [-0.1, -0.05) is 13.0 Å². The van der Waals surface area contributed by atoms with E-state index in [1.807, 2.05) is 19.1 Å². The number of H-pyrrole nitrogens is 1. The summed E-state index contributed by atoms with van der Waals surface area (Å²) in [6.45, 7) is 2.08. The number of carboxylic acid groups (broad SMARTS) is 1. The third-order valence-corrected chi connectivity index (χ3v) is 2.91. The van der Waals surface area contributed by atoms with Crippen LogP contribution in [0.4, 0.5) is 0 Å². The summed E-state index contributed by atoms with van der Waals surface area (Å²) in [6.07, 6.45) is 2.53. The Hall–Kier alpha value is -2.30. The molecule has 0 fully saturated rings. The molecule has 1 heterocycles. The minimum Gasteiger partial charge on any atom is -0.480 e. The molecule has 19 heavy (non-hydrogen) atoms. The third kappa shape index (κ3) is 2.93. The molecule has 0 radical (unpaired) electrons. The van der Waals surface area contributed by atoms with Crippen LogP contribution in [0.15, 0.2) is 30.5 Å². The van der Waals surface area contributed by atoms with Crippen LogP contribution >= 0.6 is 0 Å². The number of benzene rings is 1. The van der Waals surface area contributed by atoms with Gasteiger partial charge >= 0.3 is 5.97 Å². The van der Waals surface area contributed by atoms with Crippen molar-refractivity contribution < 1.29 is 14.7 Å². The van der Waals surface area contributed by atoms with Gasteiger partial charge in [-0.15, -0.1) is 0 Å². The molecule has 0 bridgehead atoms. The normalized spacial score (nSPS) is 10.6. The lowest BCUT2D eigenvalue weighted by atomic mass is 10.1. The molecule has 0 spiro atoms. The van der Waals surface area contributed by atoms with Gasteiger partial charge in [0.25, 0.3) is 5.91 Å². The van der Waals surface area contributed by atoms with Gasteiger partial charge in [0.05, 0.1) is 0 Å². The Morgan fingerprint density at radius 1 is 1.32 bits per heavy atom. The Kier molecular flexibility index (Phi) is 3.85. The number of aromatic nitrogens is 1. The van der Waals surface area contributed by atoms with Crippen molar-refractivity contribution in [1.82, 2.24) is 9.88 Å². The van der Waals surface area contributed by atoms with E-state index in [2.05, 4.69) is 4.98 Å². The largest absolute Gasteiger partial charge is 0.480 e. The maximum atomic E-state index is 12.3. The number of hydrogen-bond acceptors (Lipinski definition) is 2. The lowest BCUT2D eigenvalue weighted by Crippen LogP contribution is -2.36. The molecule has 0 saturated carbocycles. The molecular formula is C14H16N2O3. The van der Waals surface area contributed by atoms with Crippen molar-refractivity contribution in [2.75, 3.05) is 13.1 Å². The highest BCUT2D eigenvalue weighted by molar-refractivity contribution is 5.99. The summed E-state index contributed by atoms with van der Waals surface area (Å²) < 4.78 is 0. The van der Waals surface area contributed by atoms with E-state index in [1.54, 1.807) is 18.3 Å². The molecule has 0 aliphatic rings. The van der Waals surface area contributed by atoms with Crippen LogP contribution in [0.3, 0.4) is 0 Å². The van der Waals surface area contributed by atoms with Gasteiger partial charge < -0.3 is 15.0 Å². The topological polar surface area (TPSA) is 73.4 Å². The van der Waals surface area contributed by atoms with Gasteiger partial charge in [0.2, 0.25) is 0 Å². The SMILES string of the molecule is CCCN(CC(=O)O)C(=O)c1ccc2cc[nH]c2c1. The van der Waals surface area contributed by atoms with Gasteiger partial charge in [-0.2, -0.15) is 0 Å². The molecule has 0 aliphatic heterocycles. The molecular weight excluding hydrogens is 244 g/mol. The highest BCUT2D eigenvalue weighted by atomic mass is 16.4. The van der Waals surface area contributed by atoms with Crippen LogP contribution in [-0.2, 0) is 4.79 Å². The zero-order chi connectivity index (χ0) is 13.8. The summed E-state index contributed by atoms with van der Waals surface area (Å²) >= 11 is 0. The Morgan fingerprint density at radius 3 is 2.79 bits per heavy atom. The molecule has 0 unspecified atom stereocenters. The van der Waals surface area contributed by atoms with Gasteiger partial charge in [0.15, 0.2) is 0 Å². The molecule has 2 N–H and O–H groups in total. The van der Waals surface area contributed by atoms with E-state index in [1.165, 1.54) is 4.90 Å². The molecule has 2 aromatic rings. The maximum absolute atomic E-state index is 12.3. The van der Waals surface area contributed by atoms with Crippen LogP contribution in [0.25, 0.3) is 10.9 Å². The van der Waals surface area contributed by atoms with E-state index >= 15 is 0 Å². The van der Waals surface area contributed by atoms with Crippen molar-refractivity contribution in [3.63, 3.8) is 0 Å². The number of aliphatic carboxylic acids is 1. The van der Waals surface area contributed by atoms with Crippen LogP contribution in [0.5, 0.6) is 0 Å². The second-order valence-corrected chi connectivity index (χ2v) is 4.40. The van der Waals surface area contributed by atoms with Crippen LogP contribution in [0.2, 0.25) is 0 Å². The van der Waals surface area contributed by atoms with Gasteiger partial charge in [0.1, 0.15) is 6.54 Å². The predicted molar refractivity (Wildman–Crippen MR) is 72.1 cm³/mol. The summed E-state index contributed by atoms with van der Waals surface area (Å²) in [5.41, 5.74) is 1.38. The second-order valence-electron chi connectivity index (χ2n) is 4.40. The molecule has 100 valence electrons. The Labute approximate surface area is 110 Å². The Balaban J connectivity index is 2.26. The molecule has 0 atom stereocenters. The molecule has 0 aliphatic carbocycles. The predicted octanol–water partition coefficient (Wildman–Crippen LogP) is 2.10. The van der Waals surface area contributed by atoms with E-state index in [0.717, 1.165) is 17.3 Å². The van der Waals surface area contributed by atoms with E-state index in [0.29, 0.717) is 12.1 Å². The fourth-order valence-corrected chi connectivity index (χ4v) is 2.05. The molecule has 5 heteroatoms. The first kappa shape index (κ1) is 13.1. The average Bonchev–Trinajstić information content (AvgIpc) is 2.84. The molecule has 2 rings (SSSR count). The van der Waals surface area contributed by atoms with Crippen LogP contribution < -0.4 is 0 Å². The first-order valence-corrected chi connectivity index (χ1v) is 6.20. The monoisotopic (exact) mass is 260 g/mol. The van der Waals surface area contributed by atoms with Crippen molar-refractivity contribution in [2.45, 2.75) is 13.3 Å². The fraction of sp³-hybridized carbons (Fsp3) is 0.286. The zero-order valence-corrected chi connectivity index (χ0v) is 10.7. The second kappa shape index (κ2) is 5.56. The van der Waals surface area contributed by atoms with Crippen molar-refractivity contribution in [1.29, 1.82) is 0 Å². The van der Waals surface area contributed by atoms with Crippen LogP contribution in [0, 0.1) is 0 Å². The minimum atomic E-state index is -0.997. The lowest BCUT2D eigenvalue weighted by molar-refractivity contribution is -0.137. The van der Waals surface area contributed by atoms with Crippen LogP contribution in [0.1, 0.15) is 23.7 Å². The number of amides is 1. The average molecular weight is 260 g/mol. The molecule has 0 saturated heterocycles.